The summed E-state index contributed by atoms with van der Waals surface area (Å²) in [6, 6.07) is 6.16. The average Bonchev–Trinajstić information content (AvgIpc) is 2.58. The topological polar surface area (TPSA) is 107 Å². The van der Waals surface area contributed by atoms with Crippen LogP contribution in [0.1, 0.15) is 21.5 Å². The normalized spacial score (nSPS) is 12.3. The lowest BCUT2D eigenvalue weighted by molar-refractivity contribution is -0.274. The third-order valence-corrected chi connectivity index (χ3v) is 3.58. The number of carbonyl (C=O) groups is 1. The molecule has 6 nitrogen and oxygen atoms in total. The van der Waals surface area contributed by atoms with Crippen molar-refractivity contribution < 1.29 is 53.2 Å². The molecular weight excluding hydrogens is 463 g/mol. The van der Waals surface area contributed by atoms with Gasteiger partial charge in [-0.1, -0.05) is 12.1 Å². The van der Waals surface area contributed by atoms with E-state index in [2.05, 4.69) is 4.74 Å². The van der Waals surface area contributed by atoms with Crippen LogP contribution in [0.4, 0.5) is 30.7 Å². The van der Waals surface area contributed by atoms with Crippen LogP contribution in [0.3, 0.4) is 0 Å². The summed E-state index contributed by atoms with van der Waals surface area (Å²) >= 11 is 0. The maximum atomic E-state index is 12.5. The summed E-state index contributed by atoms with van der Waals surface area (Å²) in [6.45, 7) is 0. The zero-order valence-corrected chi connectivity index (χ0v) is 15.7. The first-order valence-corrected chi connectivity index (χ1v) is 9.16. The number of carbonyl (C=O) groups excluding carboxylic acids is 1. The fraction of sp³-hybridized carbons (Fsp3) is 0.118. The lowest BCUT2D eigenvalue weighted by Gasteiger charge is -2.09. The van der Waals surface area contributed by atoms with Gasteiger partial charge in [0.1, 0.15) is 11.6 Å². The SMILES string of the molecule is NC(=O)c1ccc(F)cc1C(F)(F)F.O=S(=O)(O)C=Cc1ccc(OC(F)(F)F)cc1. The van der Waals surface area contributed by atoms with E-state index in [1.165, 1.54) is 12.1 Å². The van der Waals surface area contributed by atoms with Crippen molar-refractivity contribution >= 4 is 22.1 Å². The van der Waals surface area contributed by atoms with E-state index < -0.39 is 51.3 Å². The largest absolute Gasteiger partial charge is 0.573 e. The molecule has 0 fully saturated rings. The van der Waals surface area contributed by atoms with Crippen LogP contribution in [0.25, 0.3) is 6.08 Å². The molecule has 0 bridgehead atoms. The molecule has 31 heavy (non-hydrogen) atoms. The van der Waals surface area contributed by atoms with Crippen molar-refractivity contribution in [2.24, 2.45) is 5.73 Å². The number of amides is 1. The number of hydrogen-bond acceptors (Lipinski definition) is 4. The third kappa shape index (κ3) is 9.95. The number of ether oxygens (including phenoxy) is 1. The van der Waals surface area contributed by atoms with Crippen LogP contribution in [-0.2, 0) is 16.3 Å². The Hall–Kier alpha value is -3.13. The number of hydrogen-bond donors (Lipinski definition) is 2. The molecule has 0 aliphatic heterocycles. The molecule has 14 heteroatoms. The van der Waals surface area contributed by atoms with E-state index in [1.54, 1.807) is 0 Å². The van der Waals surface area contributed by atoms with E-state index in [9.17, 15) is 43.9 Å². The highest BCUT2D eigenvalue weighted by molar-refractivity contribution is 7.88. The third-order valence-electron chi connectivity index (χ3n) is 3.10. The summed E-state index contributed by atoms with van der Waals surface area (Å²) in [5.41, 5.74) is 2.91. The van der Waals surface area contributed by atoms with Gasteiger partial charge in [0.05, 0.1) is 16.5 Å². The molecule has 0 radical (unpaired) electrons. The van der Waals surface area contributed by atoms with E-state index in [0.717, 1.165) is 24.3 Å². The van der Waals surface area contributed by atoms with Gasteiger partial charge in [-0.15, -0.1) is 13.2 Å². The van der Waals surface area contributed by atoms with E-state index >= 15 is 0 Å². The lowest BCUT2D eigenvalue weighted by atomic mass is 10.1. The van der Waals surface area contributed by atoms with Crippen molar-refractivity contribution in [3.05, 3.63) is 70.4 Å². The summed E-state index contributed by atoms with van der Waals surface area (Å²) in [5, 5.41) is 0.520. The van der Waals surface area contributed by atoms with Crippen molar-refractivity contribution in [1.82, 2.24) is 0 Å². The maximum absolute atomic E-state index is 12.5. The maximum Gasteiger partial charge on any atom is 0.573 e. The van der Waals surface area contributed by atoms with Gasteiger partial charge in [0.25, 0.3) is 10.1 Å². The van der Waals surface area contributed by atoms with Gasteiger partial charge in [0, 0.05) is 0 Å². The quantitative estimate of drug-likeness (QED) is 0.504. The minimum atomic E-state index is -4.79. The second kappa shape index (κ2) is 9.78. The lowest BCUT2D eigenvalue weighted by Crippen LogP contribution is -2.18. The smallest absolute Gasteiger partial charge is 0.406 e. The van der Waals surface area contributed by atoms with Crippen molar-refractivity contribution in [1.29, 1.82) is 0 Å². The molecule has 0 saturated carbocycles. The molecule has 2 rings (SSSR count). The molecule has 1 amide bonds. The summed E-state index contributed by atoms with van der Waals surface area (Å²) in [5.74, 6) is -2.72. The number of benzene rings is 2. The van der Waals surface area contributed by atoms with E-state index in [1.807, 2.05) is 0 Å². The molecule has 0 aromatic heterocycles. The number of alkyl halides is 6. The molecule has 0 atom stereocenters. The summed E-state index contributed by atoms with van der Waals surface area (Å²) in [4.78, 5) is 10.6. The highest BCUT2D eigenvalue weighted by Crippen LogP contribution is 2.32. The van der Waals surface area contributed by atoms with Crippen LogP contribution in [0, 0.1) is 5.82 Å². The van der Waals surface area contributed by atoms with E-state index in [0.29, 0.717) is 17.0 Å². The van der Waals surface area contributed by atoms with Crippen molar-refractivity contribution in [3.63, 3.8) is 0 Å². The monoisotopic (exact) mass is 475 g/mol. The fourth-order valence-corrected chi connectivity index (χ4v) is 2.24. The number of rotatable bonds is 4. The van der Waals surface area contributed by atoms with Gasteiger partial charge >= 0.3 is 12.5 Å². The number of halogens is 7. The molecule has 170 valence electrons. The van der Waals surface area contributed by atoms with Crippen molar-refractivity contribution in [2.45, 2.75) is 12.5 Å². The average molecular weight is 475 g/mol. The van der Waals surface area contributed by atoms with Gasteiger partial charge < -0.3 is 10.5 Å². The highest BCUT2D eigenvalue weighted by atomic mass is 32.2. The molecule has 0 aliphatic rings. The second-order valence-electron chi connectivity index (χ2n) is 5.49. The minimum Gasteiger partial charge on any atom is -0.406 e. The van der Waals surface area contributed by atoms with Crippen molar-refractivity contribution in [2.75, 3.05) is 0 Å². The molecule has 2 aromatic rings. The molecular formula is C17H12F7NO5S. The predicted molar refractivity (Wildman–Crippen MR) is 93.6 cm³/mol. The molecule has 0 saturated heterocycles. The highest BCUT2D eigenvalue weighted by Gasteiger charge is 2.35. The predicted octanol–water partition coefficient (Wildman–Crippen LogP) is 4.39. The Morgan fingerprint density at radius 2 is 1.55 bits per heavy atom. The van der Waals surface area contributed by atoms with Crippen LogP contribution in [0.15, 0.2) is 47.9 Å². The molecule has 2 aromatic carbocycles. The molecule has 0 aliphatic carbocycles. The Bertz CT molecular complexity index is 1050. The Kier molecular flexibility index (Phi) is 8.18. The number of nitrogens with two attached hydrogens (primary N) is 1. The van der Waals surface area contributed by atoms with Gasteiger partial charge in [0.15, 0.2) is 0 Å². The van der Waals surface area contributed by atoms with Gasteiger partial charge in [0.2, 0.25) is 5.91 Å². The first-order valence-electron chi connectivity index (χ1n) is 7.66. The molecule has 0 spiro atoms. The first kappa shape index (κ1) is 25.9. The zero-order valence-electron chi connectivity index (χ0n) is 14.9. The Balaban J connectivity index is 0.000000316. The fourth-order valence-electron chi connectivity index (χ4n) is 1.91. The standard InChI is InChI=1S/C9H7F3O4S.C8H5F4NO/c10-9(11,12)16-8-3-1-7(2-4-8)5-6-17(13,14)15;9-4-1-2-5(7(13)14)6(3-4)8(10,11)12/h1-6H,(H,13,14,15);1-3H,(H2,13,14). The van der Waals surface area contributed by atoms with E-state index in [-0.39, 0.29) is 6.07 Å². The zero-order chi connectivity index (χ0) is 24.0. The first-order chi connectivity index (χ1) is 14.0. The van der Waals surface area contributed by atoms with Gasteiger partial charge in [-0.25, -0.2) is 4.39 Å². The summed E-state index contributed by atoms with van der Waals surface area (Å²) in [7, 11) is -4.25. The van der Waals surface area contributed by atoms with Crippen LogP contribution >= 0.6 is 0 Å². The van der Waals surface area contributed by atoms with Crippen LogP contribution in [0.5, 0.6) is 5.75 Å². The Labute approximate surface area is 170 Å². The van der Waals surface area contributed by atoms with Gasteiger partial charge in [-0.3, -0.25) is 9.35 Å². The molecule has 0 heterocycles. The van der Waals surface area contributed by atoms with Crippen molar-refractivity contribution in [3.8, 4) is 5.75 Å². The van der Waals surface area contributed by atoms with Gasteiger partial charge in [-0.2, -0.15) is 21.6 Å². The molecule has 3 N–H and O–H groups in total. The Morgan fingerprint density at radius 3 is 1.97 bits per heavy atom. The second-order valence-corrected chi connectivity index (χ2v) is 6.79. The van der Waals surface area contributed by atoms with Gasteiger partial charge in [-0.05, 0) is 42.0 Å². The van der Waals surface area contributed by atoms with Crippen LogP contribution in [0.2, 0.25) is 0 Å². The van der Waals surface area contributed by atoms with Crippen LogP contribution in [-0.4, -0.2) is 25.2 Å². The minimum absolute atomic E-state index is 0.236. The molecule has 0 unspecified atom stereocenters. The summed E-state index contributed by atoms with van der Waals surface area (Å²) in [6.07, 6.45) is -8.52. The van der Waals surface area contributed by atoms with Crippen LogP contribution < -0.4 is 10.5 Å². The Morgan fingerprint density at radius 1 is 1.00 bits per heavy atom. The van der Waals surface area contributed by atoms with E-state index in [4.69, 9.17) is 10.3 Å². The summed E-state index contributed by atoms with van der Waals surface area (Å²) < 4.78 is 117. The number of primary amides is 1.